The van der Waals surface area contributed by atoms with Crippen LogP contribution in [0.2, 0.25) is 5.02 Å². The van der Waals surface area contributed by atoms with E-state index < -0.39 is 4.92 Å². The SMILES string of the molecule is O=C(c1ccc([N+](=O)[O-])cc1Cl)N1CCC[C@@H]1c1cccs1. The van der Waals surface area contributed by atoms with Gasteiger partial charge in [-0.3, -0.25) is 14.9 Å². The van der Waals surface area contributed by atoms with Crippen LogP contribution >= 0.6 is 22.9 Å². The summed E-state index contributed by atoms with van der Waals surface area (Å²) in [4.78, 5) is 25.9. The molecule has 1 saturated heterocycles. The molecule has 0 saturated carbocycles. The Morgan fingerprint density at radius 3 is 2.86 bits per heavy atom. The van der Waals surface area contributed by atoms with Crippen LogP contribution in [0.25, 0.3) is 0 Å². The molecule has 3 rings (SSSR count). The largest absolute Gasteiger partial charge is 0.331 e. The number of halogens is 1. The summed E-state index contributed by atoms with van der Waals surface area (Å²) in [6.07, 6.45) is 1.87. The van der Waals surface area contributed by atoms with Gasteiger partial charge in [-0.25, -0.2) is 0 Å². The maximum atomic E-state index is 12.7. The van der Waals surface area contributed by atoms with E-state index in [0.717, 1.165) is 17.7 Å². The average Bonchev–Trinajstić information content (AvgIpc) is 3.16. The van der Waals surface area contributed by atoms with Crippen LogP contribution in [-0.2, 0) is 0 Å². The summed E-state index contributed by atoms with van der Waals surface area (Å²) in [7, 11) is 0. The van der Waals surface area contributed by atoms with Crippen molar-refractivity contribution in [1.82, 2.24) is 4.90 Å². The zero-order valence-corrected chi connectivity index (χ0v) is 13.1. The lowest BCUT2D eigenvalue weighted by atomic mass is 10.1. The summed E-state index contributed by atoms with van der Waals surface area (Å²) in [5.41, 5.74) is 0.202. The fourth-order valence-electron chi connectivity index (χ4n) is 2.73. The van der Waals surface area contributed by atoms with E-state index >= 15 is 0 Å². The summed E-state index contributed by atoms with van der Waals surface area (Å²) in [6.45, 7) is 0.675. The number of non-ortho nitro benzene ring substituents is 1. The van der Waals surface area contributed by atoms with Crippen molar-refractivity contribution in [3.63, 3.8) is 0 Å². The third-order valence-electron chi connectivity index (χ3n) is 3.78. The van der Waals surface area contributed by atoms with Crippen molar-refractivity contribution >= 4 is 34.5 Å². The zero-order valence-electron chi connectivity index (χ0n) is 11.6. The Hall–Kier alpha value is -1.92. The molecule has 0 spiro atoms. The van der Waals surface area contributed by atoms with Crippen LogP contribution < -0.4 is 0 Å². The van der Waals surface area contributed by atoms with Crippen LogP contribution in [0.1, 0.15) is 34.1 Å². The number of rotatable bonds is 3. The topological polar surface area (TPSA) is 63.4 Å². The highest BCUT2D eigenvalue weighted by atomic mass is 35.5. The smallest absolute Gasteiger partial charge is 0.270 e. The van der Waals surface area contributed by atoms with Gasteiger partial charge in [0, 0.05) is 23.6 Å². The van der Waals surface area contributed by atoms with Gasteiger partial charge in [-0.1, -0.05) is 17.7 Å². The molecule has 5 nitrogen and oxygen atoms in total. The standard InChI is InChI=1S/C15H13ClN2O3S/c16-12-9-10(18(20)21)5-6-11(12)15(19)17-7-1-3-13(17)14-4-2-8-22-14/h2,4-6,8-9,13H,1,3,7H2/t13-/m1/s1. The fourth-order valence-corrected chi connectivity index (χ4v) is 3.86. The minimum Gasteiger partial charge on any atom is -0.331 e. The van der Waals surface area contributed by atoms with E-state index in [1.54, 1.807) is 16.2 Å². The Morgan fingerprint density at radius 2 is 2.23 bits per heavy atom. The highest BCUT2D eigenvalue weighted by Crippen LogP contribution is 2.36. The van der Waals surface area contributed by atoms with E-state index in [1.165, 1.54) is 18.2 Å². The van der Waals surface area contributed by atoms with Crippen molar-refractivity contribution in [1.29, 1.82) is 0 Å². The molecule has 0 bridgehead atoms. The highest BCUT2D eigenvalue weighted by molar-refractivity contribution is 7.10. The molecule has 1 aliphatic heterocycles. The molecule has 1 aliphatic rings. The molecule has 1 amide bonds. The molecule has 1 atom stereocenters. The normalized spacial score (nSPS) is 17.7. The van der Waals surface area contributed by atoms with Crippen molar-refractivity contribution in [2.45, 2.75) is 18.9 Å². The Balaban J connectivity index is 1.89. The summed E-state index contributed by atoms with van der Waals surface area (Å²) in [5, 5.41) is 12.9. The molecule has 22 heavy (non-hydrogen) atoms. The second kappa shape index (κ2) is 6.06. The highest BCUT2D eigenvalue weighted by Gasteiger charge is 2.32. The Kier molecular flexibility index (Phi) is 4.13. The van der Waals surface area contributed by atoms with Gasteiger partial charge < -0.3 is 4.90 Å². The Bertz CT molecular complexity index is 718. The lowest BCUT2D eigenvalue weighted by Crippen LogP contribution is -2.30. The number of likely N-dealkylation sites (tertiary alicyclic amines) is 1. The van der Waals surface area contributed by atoms with Crippen molar-refractivity contribution in [2.24, 2.45) is 0 Å². The van der Waals surface area contributed by atoms with Gasteiger partial charge in [0.25, 0.3) is 11.6 Å². The van der Waals surface area contributed by atoms with Gasteiger partial charge in [0.05, 0.1) is 21.6 Å². The first-order valence-corrected chi connectivity index (χ1v) is 8.12. The van der Waals surface area contributed by atoms with Gasteiger partial charge in [-0.05, 0) is 30.4 Å². The first-order valence-electron chi connectivity index (χ1n) is 6.86. The van der Waals surface area contributed by atoms with Crippen LogP contribution in [0.5, 0.6) is 0 Å². The fraction of sp³-hybridized carbons (Fsp3) is 0.267. The lowest BCUT2D eigenvalue weighted by molar-refractivity contribution is -0.384. The van der Waals surface area contributed by atoms with Crippen LogP contribution in [0.4, 0.5) is 5.69 Å². The maximum Gasteiger partial charge on any atom is 0.270 e. The molecular weight excluding hydrogens is 324 g/mol. The van der Waals surface area contributed by atoms with E-state index in [0.29, 0.717) is 12.1 Å². The third-order valence-corrected chi connectivity index (χ3v) is 5.07. The first-order chi connectivity index (χ1) is 10.6. The van der Waals surface area contributed by atoms with Crippen molar-refractivity contribution < 1.29 is 9.72 Å². The number of hydrogen-bond donors (Lipinski definition) is 0. The monoisotopic (exact) mass is 336 g/mol. The molecule has 2 aromatic rings. The molecular formula is C15H13ClN2O3S. The van der Waals surface area contributed by atoms with Gasteiger partial charge in [-0.2, -0.15) is 0 Å². The van der Waals surface area contributed by atoms with E-state index in [9.17, 15) is 14.9 Å². The maximum absolute atomic E-state index is 12.7. The molecule has 0 N–H and O–H groups in total. The molecule has 1 aromatic heterocycles. The summed E-state index contributed by atoms with van der Waals surface area (Å²) in [6, 6.07) is 8.05. The van der Waals surface area contributed by atoms with Crippen molar-refractivity contribution in [2.75, 3.05) is 6.54 Å². The van der Waals surface area contributed by atoms with E-state index in [-0.39, 0.29) is 22.7 Å². The molecule has 0 radical (unpaired) electrons. The average molecular weight is 337 g/mol. The van der Waals surface area contributed by atoms with E-state index in [1.807, 2.05) is 17.5 Å². The van der Waals surface area contributed by atoms with Crippen LogP contribution in [-0.4, -0.2) is 22.3 Å². The third kappa shape index (κ3) is 2.71. The lowest BCUT2D eigenvalue weighted by Gasteiger charge is -2.24. The van der Waals surface area contributed by atoms with Gasteiger partial charge in [0.2, 0.25) is 0 Å². The molecule has 0 aliphatic carbocycles. The van der Waals surface area contributed by atoms with Crippen LogP contribution in [0.15, 0.2) is 35.7 Å². The number of benzene rings is 1. The predicted molar refractivity (Wildman–Crippen MR) is 85.4 cm³/mol. The predicted octanol–water partition coefficient (Wildman–Crippen LogP) is 4.29. The number of nitro benzene ring substituents is 1. The quantitative estimate of drug-likeness (QED) is 0.620. The minimum absolute atomic E-state index is 0.0683. The minimum atomic E-state index is -0.523. The number of nitro groups is 1. The first kappa shape index (κ1) is 15.0. The van der Waals surface area contributed by atoms with Crippen molar-refractivity contribution in [3.05, 3.63) is 61.3 Å². The number of carbonyl (C=O) groups is 1. The summed E-state index contributed by atoms with van der Waals surface area (Å²) < 4.78 is 0. The number of nitrogens with zero attached hydrogens (tertiary/aromatic N) is 2. The second-order valence-corrected chi connectivity index (χ2v) is 6.48. The van der Waals surface area contributed by atoms with Crippen LogP contribution in [0, 0.1) is 10.1 Å². The van der Waals surface area contributed by atoms with Crippen molar-refractivity contribution in [3.8, 4) is 0 Å². The number of hydrogen-bond acceptors (Lipinski definition) is 4. The van der Waals surface area contributed by atoms with E-state index in [2.05, 4.69) is 0 Å². The zero-order chi connectivity index (χ0) is 15.7. The van der Waals surface area contributed by atoms with Gasteiger partial charge >= 0.3 is 0 Å². The molecule has 0 unspecified atom stereocenters. The Morgan fingerprint density at radius 1 is 1.41 bits per heavy atom. The Labute approximate surface area is 136 Å². The van der Waals surface area contributed by atoms with Gasteiger partial charge in [-0.15, -0.1) is 11.3 Å². The molecule has 1 fully saturated rings. The molecule has 1 aromatic carbocycles. The van der Waals surface area contributed by atoms with Gasteiger partial charge in [0.1, 0.15) is 0 Å². The number of amides is 1. The molecule has 2 heterocycles. The number of carbonyl (C=O) groups excluding carboxylic acids is 1. The van der Waals surface area contributed by atoms with Crippen LogP contribution in [0.3, 0.4) is 0 Å². The van der Waals surface area contributed by atoms with Gasteiger partial charge in [0.15, 0.2) is 0 Å². The molecule has 114 valence electrons. The number of thiophene rings is 1. The summed E-state index contributed by atoms with van der Waals surface area (Å²) in [5.74, 6) is -0.171. The van der Waals surface area contributed by atoms with E-state index in [4.69, 9.17) is 11.6 Å². The second-order valence-electron chi connectivity index (χ2n) is 5.09. The summed E-state index contributed by atoms with van der Waals surface area (Å²) >= 11 is 7.70. The molecule has 7 heteroatoms.